The molecule has 0 heterocycles. The average molecular weight is 281 g/mol. The van der Waals surface area contributed by atoms with E-state index in [9.17, 15) is 4.79 Å². The van der Waals surface area contributed by atoms with Crippen LogP contribution in [0.2, 0.25) is 0 Å². The number of esters is 1. The highest BCUT2D eigenvalue weighted by molar-refractivity contribution is 5.71. The van der Waals surface area contributed by atoms with E-state index in [4.69, 9.17) is 19.9 Å². The molecule has 1 aromatic carbocycles. The van der Waals surface area contributed by atoms with Crippen molar-refractivity contribution in [1.29, 1.82) is 0 Å². The van der Waals surface area contributed by atoms with Crippen LogP contribution >= 0.6 is 0 Å². The minimum atomic E-state index is -0.603. The molecule has 0 fully saturated rings. The highest BCUT2D eigenvalue weighted by Crippen LogP contribution is 2.40. The molecule has 0 amide bonds. The first-order valence-corrected chi connectivity index (χ1v) is 6.41. The maximum Gasteiger partial charge on any atom is 0.306 e. The number of rotatable bonds is 6. The molecule has 5 nitrogen and oxygen atoms in total. The Balaban J connectivity index is 3.30. The van der Waals surface area contributed by atoms with E-state index in [-0.39, 0.29) is 18.3 Å². The predicted octanol–water partition coefficient (Wildman–Crippen LogP) is 2.09. The van der Waals surface area contributed by atoms with E-state index >= 15 is 0 Å². The Kier molecular flexibility index (Phi) is 5.39. The highest BCUT2D eigenvalue weighted by Gasteiger charge is 2.32. The van der Waals surface area contributed by atoms with E-state index in [0.717, 1.165) is 5.56 Å². The van der Waals surface area contributed by atoms with Gasteiger partial charge in [-0.3, -0.25) is 4.79 Å². The van der Waals surface area contributed by atoms with Crippen molar-refractivity contribution in [1.82, 2.24) is 0 Å². The molecule has 0 aliphatic heterocycles. The van der Waals surface area contributed by atoms with Crippen molar-refractivity contribution in [2.24, 2.45) is 5.73 Å². The number of ether oxygens (including phenoxy) is 3. The number of carbonyl (C=O) groups excluding carboxylic acids is 1. The van der Waals surface area contributed by atoms with Gasteiger partial charge in [-0.05, 0) is 19.9 Å². The van der Waals surface area contributed by atoms with Crippen LogP contribution in [0.25, 0.3) is 0 Å². The highest BCUT2D eigenvalue weighted by atomic mass is 16.5. The van der Waals surface area contributed by atoms with Crippen LogP contribution in [0, 0.1) is 0 Å². The number of methoxy groups -OCH3 is 3. The molecule has 0 spiro atoms. The maximum absolute atomic E-state index is 11.6. The lowest BCUT2D eigenvalue weighted by Gasteiger charge is -2.31. The van der Waals surface area contributed by atoms with Gasteiger partial charge in [0.25, 0.3) is 0 Å². The zero-order valence-corrected chi connectivity index (χ0v) is 12.7. The van der Waals surface area contributed by atoms with Gasteiger partial charge in [-0.25, -0.2) is 0 Å². The second-order valence-electron chi connectivity index (χ2n) is 5.24. The van der Waals surface area contributed by atoms with Crippen LogP contribution in [-0.2, 0) is 9.53 Å². The summed E-state index contributed by atoms with van der Waals surface area (Å²) in [5.74, 6) is 0.671. The van der Waals surface area contributed by atoms with Gasteiger partial charge in [0.1, 0.15) is 0 Å². The average Bonchev–Trinajstić information content (AvgIpc) is 2.42. The van der Waals surface area contributed by atoms with E-state index in [0.29, 0.717) is 11.5 Å². The third kappa shape index (κ3) is 3.63. The van der Waals surface area contributed by atoms with E-state index in [1.165, 1.54) is 7.11 Å². The number of carbonyl (C=O) groups is 1. The fourth-order valence-electron chi connectivity index (χ4n) is 2.21. The molecule has 0 saturated heterocycles. The predicted molar refractivity (Wildman–Crippen MR) is 77.2 cm³/mol. The minimum Gasteiger partial charge on any atom is -0.493 e. The molecule has 20 heavy (non-hydrogen) atoms. The summed E-state index contributed by atoms with van der Waals surface area (Å²) in [6.07, 6.45) is 0.184. The summed E-state index contributed by atoms with van der Waals surface area (Å²) in [6.45, 7) is 3.75. The molecule has 0 radical (unpaired) electrons. The van der Waals surface area contributed by atoms with Gasteiger partial charge in [0, 0.05) is 17.0 Å². The largest absolute Gasteiger partial charge is 0.493 e. The molecule has 0 bridgehead atoms. The fourth-order valence-corrected chi connectivity index (χ4v) is 2.21. The summed E-state index contributed by atoms with van der Waals surface area (Å²) < 4.78 is 15.5. The van der Waals surface area contributed by atoms with Crippen LogP contribution in [0.3, 0.4) is 0 Å². The Labute approximate surface area is 120 Å². The molecular weight excluding hydrogens is 258 g/mol. The first-order chi connectivity index (χ1) is 9.35. The van der Waals surface area contributed by atoms with Gasteiger partial charge in [-0.1, -0.05) is 12.1 Å². The monoisotopic (exact) mass is 281 g/mol. The molecule has 112 valence electrons. The summed E-state index contributed by atoms with van der Waals surface area (Å²) >= 11 is 0. The van der Waals surface area contributed by atoms with Gasteiger partial charge >= 0.3 is 5.97 Å². The van der Waals surface area contributed by atoms with E-state index in [2.05, 4.69) is 0 Å². The van der Waals surface area contributed by atoms with Crippen molar-refractivity contribution in [2.75, 3.05) is 21.3 Å². The molecule has 1 atom stereocenters. The smallest absolute Gasteiger partial charge is 0.306 e. The maximum atomic E-state index is 11.6. The number of hydrogen-bond donors (Lipinski definition) is 1. The summed E-state index contributed by atoms with van der Waals surface area (Å²) in [5, 5.41) is 0. The third-order valence-electron chi connectivity index (χ3n) is 3.31. The van der Waals surface area contributed by atoms with Gasteiger partial charge in [-0.15, -0.1) is 0 Å². The lowest BCUT2D eigenvalue weighted by atomic mass is 9.80. The van der Waals surface area contributed by atoms with Crippen molar-refractivity contribution < 1.29 is 19.0 Å². The Morgan fingerprint density at radius 2 is 1.90 bits per heavy atom. The van der Waals surface area contributed by atoms with Gasteiger partial charge < -0.3 is 19.9 Å². The van der Waals surface area contributed by atoms with Crippen LogP contribution in [-0.4, -0.2) is 32.8 Å². The van der Waals surface area contributed by atoms with E-state index < -0.39 is 5.54 Å². The van der Waals surface area contributed by atoms with Gasteiger partial charge in [-0.2, -0.15) is 0 Å². The summed E-state index contributed by atoms with van der Waals surface area (Å²) in [7, 11) is 4.51. The molecule has 0 aliphatic carbocycles. The van der Waals surface area contributed by atoms with Crippen LogP contribution in [0.5, 0.6) is 11.5 Å². The Bertz CT molecular complexity index is 465. The quantitative estimate of drug-likeness (QED) is 0.808. The van der Waals surface area contributed by atoms with Crippen LogP contribution in [0.4, 0.5) is 0 Å². The minimum absolute atomic E-state index is 0.184. The SMILES string of the molecule is COC(=O)CC(c1cccc(OC)c1OC)C(C)(C)N. The van der Waals surface area contributed by atoms with Gasteiger partial charge in [0.2, 0.25) is 0 Å². The molecule has 0 aromatic heterocycles. The first-order valence-electron chi connectivity index (χ1n) is 6.41. The van der Waals surface area contributed by atoms with Crippen LogP contribution in [0.1, 0.15) is 31.7 Å². The number of benzene rings is 1. The number of hydrogen-bond acceptors (Lipinski definition) is 5. The Hall–Kier alpha value is -1.75. The number of nitrogens with two attached hydrogens (primary N) is 1. The summed E-state index contributed by atoms with van der Waals surface area (Å²) in [6, 6.07) is 5.55. The molecular formula is C15H23NO4. The van der Waals surface area contributed by atoms with Gasteiger partial charge in [0.15, 0.2) is 11.5 Å². The van der Waals surface area contributed by atoms with E-state index in [1.807, 2.05) is 26.0 Å². The van der Waals surface area contributed by atoms with E-state index in [1.54, 1.807) is 20.3 Å². The normalized spacial score (nSPS) is 12.7. The molecule has 0 saturated carbocycles. The standard InChI is InChI=1S/C15H23NO4/c1-15(2,16)11(9-13(17)19-4)10-7-6-8-12(18-3)14(10)20-5/h6-8,11H,9,16H2,1-5H3. The Morgan fingerprint density at radius 1 is 1.25 bits per heavy atom. The molecule has 5 heteroatoms. The Morgan fingerprint density at radius 3 is 2.35 bits per heavy atom. The zero-order chi connectivity index (χ0) is 15.3. The lowest BCUT2D eigenvalue weighted by molar-refractivity contribution is -0.141. The molecule has 0 aliphatic rings. The zero-order valence-electron chi connectivity index (χ0n) is 12.7. The third-order valence-corrected chi connectivity index (χ3v) is 3.31. The van der Waals surface area contributed by atoms with Crippen molar-refractivity contribution in [3.05, 3.63) is 23.8 Å². The molecule has 2 N–H and O–H groups in total. The topological polar surface area (TPSA) is 70.8 Å². The van der Waals surface area contributed by atoms with Crippen molar-refractivity contribution in [3.63, 3.8) is 0 Å². The van der Waals surface area contributed by atoms with Crippen LogP contribution < -0.4 is 15.2 Å². The summed E-state index contributed by atoms with van der Waals surface area (Å²) in [4.78, 5) is 11.6. The molecule has 1 rings (SSSR count). The van der Waals surface area contributed by atoms with Crippen molar-refractivity contribution in [3.8, 4) is 11.5 Å². The van der Waals surface area contributed by atoms with Gasteiger partial charge in [0.05, 0.1) is 27.8 Å². The fraction of sp³-hybridized carbons (Fsp3) is 0.533. The van der Waals surface area contributed by atoms with Crippen molar-refractivity contribution in [2.45, 2.75) is 31.7 Å². The lowest BCUT2D eigenvalue weighted by Crippen LogP contribution is -2.40. The second kappa shape index (κ2) is 6.61. The second-order valence-corrected chi connectivity index (χ2v) is 5.24. The van der Waals surface area contributed by atoms with Crippen LogP contribution in [0.15, 0.2) is 18.2 Å². The molecule has 1 unspecified atom stereocenters. The summed E-state index contributed by atoms with van der Waals surface area (Å²) in [5.41, 5.74) is 6.46. The first kappa shape index (κ1) is 16.3. The number of para-hydroxylation sites is 1. The van der Waals surface area contributed by atoms with Crippen molar-refractivity contribution >= 4 is 5.97 Å². The molecule has 1 aromatic rings.